The number of rotatable bonds is 4. The third-order valence-corrected chi connectivity index (χ3v) is 9.16. The molecule has 1 fully saturated rings. The minimum atomic E-state index is -4.13. The summed E-state index contributed by atoms with van der Waals surface area (Å²) in [6, 6.07) is 11.4. The topological polar surface area (TPSA) is 97.5 Å². The lowest BCUT2D eigenvalue weighted by Gasteiger charge is -2.11. The molecule has 3 atom stereocenters. The number of carboxylic acids is 1. The van der Waals surface area contributed by atoms with Crippen LogP contribution in [0.15, 0.2) is 51.2 Å². The summed E-state index contributed by atoms with van der Waals surface area (Å²) in [5.41, 5.74) is 0.653. The fourth-order valence-corrected chi connectivity index (χ4v) is 6.90. The Morgan fingerprint density at radius 3 is 2.79 bits per heavy atom. The first-order chi connectivity index (χ1) is 15.7. The summed E-state index contributed by atoms with van der Waals surface area (Å²) in [7, 11) is -4.13. The van der Waals surface area contributed by atoms with Crippen LogP contribution in [0.3, 0.4) is 0 Å². The molecular weight excluding hydrogens is 472 g/mol. The number of hydrogen-bond acceptors (Lipinski definition) is 6. The molecule has 3 aromatic rings. The number of aromatic nitrogens is 1. The van der Waals surface area contributed by atoms with Gasteiger partial charge in [0.15, 0.2) is 0 Å². The fourth-order valence-electron chi connectivity index (χ4n) is 4.72. The summed E-state index contributed by atoms with van der Waals surface area (Å²) in [4.78, 5) is 12.6. The van der Waals surface area contributed by atoms with E-state index in [0.29, 0.717) is 11.3 Å². The van der Waals surface area contributed by atoms with Gasteiger partial charge in [0.05, 0.1) is 4.88 Å². The van der Waals surface area contributed by atoms with Crippen molar-refractivity contribution in [3.63, 3.8) is 0 Å². The minimum Gasteiger partial charge on any atom is -0.480 e. The van der Waals surface area contributed by atoms with Crippen LogP contribution in [-0.2, 0) is 21.1 Å². The first kappa shape index (κ1) is 21.8. The molecule has 3 unspecified atom stereocenters. The Kier molecular flexibility index (Phi) is 5.14. The monoisotopic (exact) mass is 489 g/mol. The van der Waals surface area contributed by atoms with Gasteiger partial charge in [-0.2, -0.15) is 0 Å². The van der Waals surface area contributed by atoms with Gasteiger partial charge in [0, 0.05) is 17.2 Å². The van der Waals surface area contributed by atoms with Crippen molar-refractivity contribution >= 4 is 27.1 Å². The van der Waals surface area contributed by atoms with Crippen LogP contribution in [0, 0.1) is 22.5 Å². The summed E-state index contributed by atoms with van der Waals surface area (Å²) in [6.07, 6.45) is -0.502. The summed E-state index contributed by atoms with van der Waals surface area (Å²) >= 11 is 0.809. The van der Waals surface area contributed by atoms with E-state index in [1.54, 1.807) is 0 Å². The highest BCUT2D eigenvalue weighted by molar-refractivity contribution is 7.98. The summed E-state index contributed by atoms with van der Waals surface area (Å²) < 4.78 is 55.7. The van der Waals surface area contributed by atoms with Gasteiger partial charge in [0.2, 0.25) is 5.76 Å². The molecule has 0 aliphatic heterocycles. The number of hydrogen-bond donors (Lipinski definition) is 1. The molecule has 2 heterocycles. The molecule has 10 heteroatoms. The van der Waals surface area contributed by atoms with Crippen molar-refractivity contribution in [2.24, 2.45) is 11.3 Å². The zero-order valence-electron chi connectivity index (χ0n) is 17.0. The number of thiophene rings is 1. The maximum atomic E-state index is 12.9. The third-order valence-electron chi connectivity index (χ3n) is 6.31. The number of fused-ring (bicyclic) bond motifs is 3. The number of benzene rings is 1. The lowest BCUT2D eigenvalue weighted by molar-refractivity contribution is -0.141. The number of sulfone groups is 1. The number of carboxylic acid groups (broad SMARTS) is 1. The van der Waals surface area contributed by atoms with Crippen LogP contribution in [-0.4, -0.2) is 24.7 Å². The van der Waals surface area contributed by atoms with Crippen LogP contribution in [0.5, 0.6) is 0 Å². The largest absolute Gasteiger partial charge is 0.480 e. The fraction of sp³-hybridized carbons (Fsp3) is 0.304. The molecule has 0 radical (unpaired) electrons. The Balaban J connectivity index is 1.47. The van der Waals surface area contributed by atoms with Crippen molar-refractivity contribution in [3.05, 3.63) is 59.4 Å². The van der Waals surface area contributed by atoms with E-state index in [-0.39, 0.29) is 21.7 Å². The van der Waals surface area contributed by atoms with Gasteiger partial charge < -0.3 is 9.63 Å². The number of aliphatic carboxylic acids is 1. The van der Waals surface area contributed by atoms with Gasteiger partial charge in [-0.25, -0.2) is 17.2 Å². The highest BCUT2D eigenvalue weighted by Crippen LogP contribution is 2.68. The number of aryl methyl sites for hydroxylation is 1. The second-order valence-electron chi connectivity index (χ2n) is 8.11. The van der Waals surface area contributed by atoms with E-state index in [9.17, 15) is 27.1 Å². The molecule has 170 valence electrons. The minimum absolute atomic E-state index is 0.0905. The quantitative estimate of drug-likeness (QED) is 0.414. The van der Waals surface area contributed by atoms with Gasteiger partial charge in [-0.05, 0) is 48.4 Å². The molecule has 2 aromatic heterocycles. The van der Waals surface area contributed by atoms with Crippen molar-refractivity contribution in [1.29, 1.82) is 0 Å². The molecule has 0 spiro atoms. The normalized spacial score (nSPS) is 23.7. The molecule has 0 bridgehead atoms. The van der Waals surface area contributed by atoms with Gasteiger partial charge in [0.1, 0.15) is 15.3 Å². The molecule has 1 aromatic carbocycles. The van der Waals surface area contributed by atoms with E-state index in [0.717, 1.165) is 41.4 Å². The van der Waals surface area contributed by atoms with Crippen LogP contribution < -0.4 is 0 Å². The van der Waals surface area contributed by atoms with E-state index in [4.69, 9.17) is 0 Å². The average Bonchev–Trinajstić information content (AvgIpc) is 3.10. The van der Waals surface area contributed by atoms with Crippen molar-refractivity contribution in [2.75, 3.05) is 0 Å². The van der Waals surface area contributed by atoms with E-state index in [1.807, 2.05) is 24.3 Å². The second kappa shape index (κ2) is 7.78. The number of alkyl halides is 2. The predicted octanol–water partition coefficient (Wildman–Crippen LogP) is 4.90. The highest BCUT2D eigenvalue weighted by Gasteiger charge is 2.70. The first-order valence-corrected chi connectivity index (χ1v) is 12.5. The van der Waals surface area contributed by atoms with E-state index >= 15 is 0 Å². The molecule has 6 nitrogen and oxygen atoms in total. The Labute approximate surface area is 192 Å². The Bertz CT molecular complexity index is 1420. The number of halogens is 2. The Morgan fingerprint density at radius 2 is 2.06 bits per heavy atom. The Hall–Kier alpha value is -3.03. The molecule has 0 saturated heterocycles. The molecule has 0 amide bonds. The lowest BCUT2D eigenvalue weighted by atomic mass is 9.93. The molecular formula is C23H17F2NO5S2. The van der Waals surface area contributed by atoms with Gasteiger partial charge in [-0.1, -0.05) is 35.3 Å². The zero-order valence-corrected chi connectivity index (χ0v) is 18.6. The molecule has 1 saturated carbocycles. The molecule has 33 heavy (non-hydrogen) atoms. The average molecular weight is 490 g/mol. The Morgan fingerprint density at radius 1 is 1.27 bits per heavy atom. The second-order valence-corrected chi connectivity index (χ2v) is 11.1. The molecule has 2 aliphatic rings. The predicted molar refractivity (Wildman–Crippen MR) is 115 cm³/mol. The zero-order chi connectivity index (χ0) is 23.4. The van der Waals surface area contributed by atoms with Crippen LogP contribution >= 0.6 is 11.3 Å². The van der Waals surface area contributed by atoms with Crippen molar-refractivity contribution in [2.45, 2.75) is 35.8 Å². The van der Waals surface area contributed by atoms with E-state index < -0.39 is 33.4 Å². The van der Waals surface area contributed by atoms with Crippen LogP contribution in [0.4, 0.5) is 8.78 Å². The lowest BCUT2D eigenvalue weighted by Crippen LogP contribution is -2.18. The highest BCUT2D eigenvalue weighted by atomic mass is 32.2. The van der Waals surface area contributed by atoms with Crippen molar-refractivity contribution < 1.29 is 31.6 Å². The maximum absolute atomic E-state index is 12.9. The maximum Gasteiger partial charge on any atom is 0.322 e. The van der Waals surface area contributed by atoms with Gasteiger partial charge in [0.25, 0.3) is 16.3 Å². The van der Waals surface area contributed by atoms with Crippen LogP contribution in [0.1, 0.15) is 42.1 Å². The van der Waals surface area contributed by atoms with Crippen molar-refractivity contribution in [3.8, 4) is 21.7 Å². The number of nitrogens with zero attached hydrogens (tertiary/aromatic N) is 1. The molecule has 2 aliphatic carbocycles. The summed E-state index contributed by atoms with van der Waals surface area (Å²) in [5.74, 6) is 0.295. The van der Waals surface area contributed by atoms with E-state index in [2.05, 4.69) is 20.9 Å². The van der Waals surface area contributed by atoms with Gasteiger partial charge in [-0.15, -0.1) is 11.3 Å². The summed E-state index contributed by atoms with van der Waals surface area (Å²) in [5, 5.41) is 15.8. The first-order valence-electron chi connectivity index (χ1n) is 10.2. The van der Waals surface area contributed by atoms with E-state index in [1.165, 1.54) is 12.1 Å². The summed E-state index contributed by atoms with van der Waals surface area (Å²) in [6.45, 7) is 0. The third kappa shape index (κ3) is 3.56. The van der Waals surface area contributed by atoms with Crippen molar-refractivity contribution in [1.82, 2.24) is 5.16 Å². The molecule has 5 rings (SSSR count). The van der Waals surface area contributed by atoms with Gasteiger partial charge in [-0.3, -0.25) is 4.79 Å². The number of carbonyl (C=O) groups is 1. The molecule has 1 N–H and O–H groups in total. The van der Waals surface area contributed by atoms with Crippen LogP contribution in [0.25, 0.3) is 10.6 Å². The van der Waals surface area contributed by atoms with Gasteiger partial charge >= 0.3 is 5.97 Å². The standard InChI is InChI=1S/C23H17F2NO5S2/c24-21(25)17-12-16(26-31-17)18-8-9-19(32-18)33(29,30)11-10-23(22(27)28)15-7-3-5-13-4-1-2-6-14(13)20(15)23/h1-2,4,6,8-9,12,15,20-21H,3,5,7H2,(H,27,28). The van der Waals surface area contributed by atoms with Crippen LogP contribution in [0.2, 0.25) is 0 Å². The smallest absolute Gasteiger partial charge is 0.322 e. The SMILES string of the molecule is O=C(O)C1(C#CS(=O)(=O)c2ccc(-c3cc(C(F)F)on3)s2)C2CCCc3ccccc3C21.